The first-order valence-corrected chi connectivity index (χ1v) is 6.34. The van der Waals surface area contributed by atoms with Crippen molar-refractivity contribution in [2.75, 3.05) is 0 Å². The van der Waals surface area contributed by atoms with Gasteiger partial charge in [-0.05, 0) is 43.8 Å². The molecule has 1 atom stereocenters. The number of nitrogens with one attached hydrogen (secondary N) is 2. The third kappa shape index (κ3) is 2.67. The van der Waals surface area contributed by atoms with E-state index in [1.807, 2.05) is 0 Å². The zero-order valence-corrected chi connectivity index (χ0v) is 11.8. The number of carbonyl (C=O) groups is 1. The highest BCUT2D eigenvalue weighted by Gasteiger charge is 2.27. The van der Waals surface area contributed by atoms with E-state index in [0.29, 0.717) is 16.4 Å². The summed E-state index contributed by atoms with van der Waals surface area (Å²) in [4.78, 5) is 22.0. The highest BCUT2D eigenvalue weighted by Crippen LogP contribution is 2.28. The van der Waals surface area contributed by atoms with E-state index in [1.54, 1.807) is 19.1 Å². The predicted octanol–water partition coefficient (Wildman–Crippen LogP) is 1.98. The third-order valence-corrected chi connectivity index (χ3v) is 3.31. The number of Topliss-reactive ketones (excluding diaryl/α,β-unsaturated/α-hetero) is 1. The van der Waals surface area contributed by atoms with E-state index >= 15 is 0 Å². The summed E-state index contributed by atoms with van der Waals surface area (Å²) in [6.07, 6.45) is 0. The van der Waals surface area contributed by atoms with E-state index in [0.717, 1.165) is 5.56 Å². The Hall–Kier alpha value is -2.28. The van der Waals surface area contributed by atoms with Crippen molar-refractivity contribution in [2.45, 2.75) is 19.9 Å². The van der Waals surface area contributed by atoms with Crippen molar-refractivity contribution < 1.29 is 9.72 Å². The summed E-state index contributed by atoms with van der Waals surface area (Å²) in [5.74, 6) is -0.0756. The Balaban J connectivity index is 2.43. The normalized spacial score (nSPS) is 18.3. The van der Waals surface area contributed by atoms with Crippen molar-refractivity contribution in [3.05, 3.63) is 51.2 Å². The molecule has 0 amide bonds. The van der Waals surface area contributed by atoms with Crippen LogP contribution in [0.1, 0.15) is 25.5 Å². The molecule has 0 saturated carbocycles. The second-order valence-corrected chi connectivity index (χ2v) is 4.88. The second kappa shape index (κ2) is 5.38. The Morgan fingerprint density at radius 1 is 1.35 bits per heavy atom. The molecule has 0 aliphatic carbocycles. The fraction of sp³-hybridized carbons (Fsp3) is 0.231. The fourth-order valence-electron chi connectivity index (χ4n) is 2.20. The van der Waals surface area contributed by atoms with E-state index in [2.05, 4.69) is 10.6 Å². The van der Waals surface area contributed by atoms with Crippen LogP contribution in [0.3, 0.4) is 0 Å². The zero-order valence-electron chi connectivity index (χ0n) is 11.0. The summed E-state index contributed by atoms with van der Waals surface area (Å²) in [5.41, 5.74) is 2.04. The Kier molecular flexibility index (Phi) is 3.80. The summed E-state index contributed by atoms with van der Waals surface area (Å²) >= 11 is 5.09. The minimum Gasteiger partial charge on any atom is -0.351 e. The zero-order chi connectivity index (χ0) is 14.9. The van der Waals surface area contributed by atoms with Gasteiger partial charge in [-0.1, -0.05) is 0 Å². The molecular formula is C13H13N3O3S. The van der Waals surface area contributed by atoms with Crippen LogP contribution in [0.15, 0.2) is 35.5 Å². The summed E-state index contributed by atoms with van der Waals surface area (Å²) in [5, 5.41) is 17.0. The van der Waals surface area contributed by atoms with Crippen LogP contribution >= 0.6 is 12.2 Å². The highest BCUT2D eigenvalue weighted by atomic mass is 32.1. The molecule has 1 aromatic carbocycles. The predicted molar refractivity (Wildman–Crippen MR) is 78.1 cm³/mol. The van der Waals surface area contributed by atoms with Crippen LogP contribution < -0.4 is 10.6 Å². The smallest absolute Gasteiger partial charge is 0.269 e. The summed E-state index contributed by atoms with van der Waals surface area (Å²) < 4.78 is 0. The number of rotatable bonds is 3. The molecule has 1 aliphatic rings. The van der Waals surface area contributed by atoms with Gasteiger partial charge in [0.15, 0.2) is 10.9 Å². The summed E-state index contributed by atoms with van der Waals surface area (Å²) in [6.45, 7) is 3.26. The molecule has 0 aromatic heterocycles. The number of ketones is 1. The van der Waals surface area contributed by atoms with Crippen LogP contribution in [-0.4, -0.2) is 15.8 Å². The van der Waals surface area contributed by atoms with Crippen molar-refractivity contribution in [1.82, 2.24) is 10.6 Å². The Morgan fingerprint density at radius 2 is 1.95 bits per heavy atom. The van der Waals surface area contributed by atoms with Crippen LogP contribution in [0.2, 0.25) is 0 Å². The molecule has 1 heterocycles. The van der Waals surface area contributed by atoms with Crippen LogP contribution in [0.4, 0.5) is 5.69 Å². The van der Waals surface area contributed by atoms with Gasteiger partial charge in [-0.3, -0.25) is 14.9 Å². The van der Waals surface area contributed by atoms with Gasteiger partial charge in [0.05, 0.1) is 11.0 Å². The minimum absolute atomic E-state index is 0.00957. The molecular weight excluding hydrogens is 278 g/mol. The topological polar surface area (TPSA) is 84.3 Å². The average Bonchev–Trinajstić information content (AvgIpc) is 2.37. The van der Waals surface area contributed by atoms with E-state index in [-0.39, 0.29) is 17.5 Å². The van der Waals surface area contributed by atoms with Gasteiger partial charge >= 0.3 is 0 Å². The van der Waals surface area contributed by atoms with E-state index in [4.69, 9.17) is 12.2 Å². The van der Waals surface area contributed by atoms with E-state index < -0.39 is 4.92 Å². The fourth-order valence-corrected chi connectivity index (χ4v) is 2.47. The quantitative estimate of drug-likeness (QED) is 0.503. The van der Waals surface area contributed by atoms with Crippen molar-refractivity contribution in [3.63, 3.8) is 0 Å². The molecule has 2 rings (SSSR count). The van der Waals surface area contributed by atoms with Crippen molar-refractivity contribution in [2.24, 2.45) is 0 Å². The van der Waals surface area contributed by atoms with Crippen LogP contribution in [-0.2, 0) is 4.79 Å². The lowest BCUT2D eigenvalue weighted by molar-refractivity contribution is -0.384. The molecule has 0 bridgehead atoms. The van der Waals surface area contributed by atoms with Crippen molar-refractivity contribution in [1.29, 1.82) is 0 Å². The molecule has 0 fully saturated rings. The number of non-ortho nitro benzene ring substituents is 1. The van der Waals surface area contributed by atoms with Crippen LogP contribution in [0, 0.1) is 10.1 Å². The van der Waals surface area contributed by atoms with Crippen LogP contribution in [0.25, 0.3) is 0 Å². The molecule has 1 aliphatic heterocycles. The van der Waals surface area contributed by atoms with Gasteiger partial charge in [0.25, 0.3) is 5.69 Å². The standard InChI is InChI=1S/C13H13N3O3S/c1-7-11(8(2)17)12(15-13(20)14-7)9-3-5-10(6-4-9)16(18)19/h3-6,12H,1-2H3,(H2,14,15,20). The molecule has 7 heteroatoms. The second-order valence-electron chi connectivity index (χ2n) is 4.47. The lowest BCUT2D eigenvalue weighted by atomic mass is 9.93. The third-order valence-electron chi connectivity index (χ3n) is 3.09. The Labute approximate surface area is 121 Å². The summed E-state index contributed by atoms with van der Waals surface area (Å²) in [6, 6.07) is 5.69. The number of benzene rings is 1. The Morgan fingerprint density at radius 3 is 2.45 bits per heavy atom. The summed E-state index contributed by atoms with van der Waals surface area (Å²) in [7, 11) is 0. The maximum atomic E-state index is 11.8. The number of carbonyl (C=O) groups excluding carboxylic acids is 1. The number of thiocarbonyl (C=S) groups is 1. The highest BCUT2D eigenvalue weighted by molar-refractivity contribution is 7.80. The molecule has 1 aromatic rings. The molecule has 104 valence electrons. The number of allylic oxidation sites excluding steroid dienone is 1. The van der Waals surface area contributed by atoms with Gasteiger partial charge in [0.1, 0.15) is 0 Å². The maximum absolute atomic E-state index is 11.8. The number of nitro groups is 1. The lowest BCUT2D eigenvalue weighted by Gasteiger charge is -2.29. The molecule has 20 heavy (non-hydrogen) atoms. The van der Waals surface area contributed by atoms with Gasteiger partial charge in [-0.25, -0.2) is 0 Å². The first kappa shape index (κ1) is 14.1. The minimum atomic E-state index is -0.461. The number of hydrogen-bond donors (Lipinski definition) is 2. The van der Waals surface area contributed by atoms with Crippen LogP contribution in [0.5, 0.6) is 0 Å². The largest absolute Gasteiger partial charge is 0.351 e. The van der Waals surface area contributed by atoms with Gasteiger partial charge in [-0.2, -0.15) is 0 Å². The number of nitro benzene ring substituents is 1. The maximum Gasteiger partial charge on any atom is 0.269 e. The van der Waals surface area contributed by atoms with Gasteiger partial charge in [0, 0.05) is 23.4 Å². The van der Waals surface area contributed by atoms with E-state index in [9.17, 15) is 14.9 Å². The first-order chi connectivity index (χ1) is 9.40. The molecule has 1 unspecified atom stereocenters. The van der Waals surface area contributed by atoms with Crippen molar-refractivity contribution >= 4 is 28.8 Å². The van der Waals surface area contributed by atoms with Crippen molar-refractivity contribution in [3.8, 4) is 0 Å². The molecule has 6 nitrogen and oxygen atoms in total. The number of nitrogens with zero attached hydrogens (tertiary/aromatic N) is 1. The molecule has 2 N–H and O–H groups in total. The molecule has 0 radical (unpaired) electrons. The van der Waals surface area contributed by atoms with Gasteiger partial charge in [-0.15, -0.1) is 0 Å². The first-order valence-electron chi connectivity index (χ1n) is 5.93. The monoisotopic (exact) mass is 291 g/mol. The van der Waals surface area contributed by atoms with Gasteiger partial charge < -0.3 is 10.6 Å². The molecule has 0 spiro atoms. The average molecular weight is 291 g/mol. The van der Waals surface area contributed by atoms with Gasteiger partial charge in [0.2, 0.25) is 0 Å². The number of hydrogen-bond acceptors (Lipinski definition) is 4. The lowest BCUT2D eigenvalue weighted by Crippen LogP contribution is -2.44. The molecule has 0 saturated heterocycles. The SMILES string of the molecule is CC(=O)C1=C(C)NC(=S)NC1c1ccc([N+](=O)[O-])cc1. The Bertz CT molecular complexity index is 622. The van der Waals surface area contributed by atoms with E-state index in [1.165, 1.54) is 19.1 Å².